The Balaban J connectivity index is 1.38. The van der Waals surface area contributed by atoms with E-state index in [1.807, 2.05) is 54.3 Å². The number of ketones is 1. The van der Waals surface area contributed by atoms with Crippen LogP contribution in [0, 0.1) is 6.92 Å². The van der Waals surface area contributed by atoms with Gasteiger partial charge >= 0.3 is 0 Å². The van der Waals surface area contributed by atoms with Crippen LogP contribution in [-0.2, 0) is 4.79 Å². The fraction of sp³-hybridized carbons (Fsp3) is 0.333. The van der Waals surface area contributed by atoms with Gasteiger partial charge in [0.05, 0.1) is 32.7 Å². The SMILES string of the molecule is Cc1ccc(C(=O)CCC(=O)N2CC[NH+](C/C=C/c3ccccc3)CC2)cc1. The van der Waals surface area contributed by atoms with Gasteiger partial charge < -0.3 is 9.80 Å². The maximum absolute atomic E-state index is 12.4. The van der Waals surface area contributed by atoms with Crippen LogP contribution in [0.5, 0.6) is 0 Å². The maximum Gasteiger partial charge on any atom is 0.223 e. The summed E-state index contributed by atoms with van der Waals surface area (Å²) in [6.07, 6.45) is 4.95. The molecule has 2 aromatic rings. The van der Waals surface area contributed by atoms with Crippen LogP contribution in [0.25, 0.3) is 6.08 Å². The highest BCUT2D eigenvalue weighted by Crippen LogP contribution is 2.09. The molecule has 1 N–H and O–H groups in total. The number of carbonyl (C=O) groups is 2. The number of hydrogen-bond donors (Lipinski definition) is 1. The molecule has 146 valence electrons. The molecule has 1 fully saturated rings. The van der Waals surface area contributed by atoms with E-state index < -0.39 is 0 Å². The molecule has 0 radical (unpaired) electrons. The zero-order valence-corrected chi connectivity index (χ0v) is 16.6. The van der Waals surface area contributed by atoms with Crippen molar-refractivity contribution in [3.05, 3.63) is 77.4 Å². The third-order valence-corrected chi connectivity index (χ3v) is 5.28. The second-order valence-corrected chi connectivity index (χ2v) is 7.44. The van der Waals surface area contributed by atoms with Crippen molar-refractivity contribution in [3.63, 3.8) is 0 Å². The number of quaternary nitrogens is 1. The van der Waals surface area contributed by atoms with Crippen LogP contribution < -0.4 is 4.90 Å². The van der Waals surface area contributed by atoms with Crippen molar-refractivity contribution in [2.75, 3.05) is 32.7 Å². The van der Waals surface area contributed by atoms with E-state index in [9.17, 15) is 9.59 Å². The number of aryl methyl sites for hydroxylation is 1. The van der Waals surface area contributed by atoms with Gasteiger partial charge in [-0.1, -0.05) is 66.2 Å². The number of Topliss-reactive ketones (excluding diaryl/α,β-unsaturated/α-hetero) is 1. The standard InChI is InChI=1S/C24H28N2O2/c1-20-9-11-22(12-10-20)23(27)13-14-24(28)26-18-16-25(17-19-26)15-5-8-21-6-3-2-4-7-21/h2-12H,13-19H2,1H3/p+1/b8-5+. The molecule has 0 saturated carbocycles. The molecule has 1 heterocycles. The Kier molecular flexibility index (Phi) is 7.15. The Morgan fingerprint density at radius 3 is 2.32 bits per heavy atom. The van der Waals surface area contributed by atoms with Gasteiger partial charge in [-0.2, -0.15) is 0 Å². The zero-order chi connectivity index (χ0) is 19.8. The van der Waals surface area contributed by atoms with E-state index in [0.717, 1.165) is 38.3 Å². The number of piperazine rings is 1. The van der Waals surface area contributed by atoms with Gasteiger partial charge in [0, 0.05) is 18.4 Å². The van der Waals surface area contributed by atoms with E-state index in [1.54, 1.807) is 0 Å². The Morgan fingerprint density at radius 2 is 1.64 bits per heavy atom. The highest BCUT2D eigenvalue weighted by Gasteiger charge is 2.23. The molecule has 0 bridgehead atoms. The van der Waals surface area contributed by atoms with Gasteiger partial charge in [0.1, 0.15) is 0 Å². The molecule has 1 saturated heterocycles. The second-order valence-electron chi connectivity index (χ2n) is 7.44. The smallest absolute Gasteiger partial charge is 0.223 e. The molecule has 2 aromatic carbocycles. The third kappa shape index (κ3) is 5.89. The molecule has 0 aliphatic carbocycles. The summed E-state index contributed by atoms with van der Waals surface area (Å²) < 4.78 is 0. The summed E-state index contributed by atoms with van der Waals surface area (Å²) in [6, 6.07) is 17.8. The lowest BCUT2D eigenvalue weighted by molar-refractivity contribution is -0.898. The maximum atomic E-state index is 12.4. The van der Waals surface area contributed by atoms with Crippen LogP contribution in [0.15, 0.2) is 60.7 Å². The lowest BCUT2D eigenvalue weighted by Crippen LogP contribution is -3.14. The fourth-order valence-corrected chi connectivity index (χ4v) is 3.46. The normalized spacial score (nSPS) is 15.1. The molecule has 0 atom stereocenters. The molecular weight excluding hydrogens is 348 g/mol. The molecule has 0 aromatic heterocycles. The van der Waals surface area contributed by atoms with Gasteiger partial charge in [0.15, 0.2) is 5.78 Å². The lowest BCUT2D eigenvalue weighted by Gasteiger charge is -2.31. The van der Waals surface area contributed by atoms with Gasteiger partial charge in [-0.15, -0.1) is 0 Å². The highest BCUT2D eigenvalue weighted by molar-refractivity contribution is 5.97. The molecule has 28 heavy (non-hydrogen) atoms. The first-order valence-corrected chi connectivity index (χ1v) is 10.0. The predicted octanol–water partition coefficient (Wildman–Crippen LogP) is 2.40. The third-order valence-electron chi connectivity index (χ3n) is 5.28. The van der Waals surface area contributed by atoms with Gasteiger partial charge in [-0.05, 0) is 18.6 Å². The number of hydrogen-bond acceptors (Lipinski definition) is 2. The van der Waals surface area contributed by atoms with Crippen LogP contribution in [0.2, 0.25) is 0 Å². The topological polar surface area (TPSA) is 41.8 Å². The van der Waals surface area contributed by atoms with Gasteiger partial charge in [-0.25, -0.2) is 0 Å². The summed E-state index contributed by atoms with van der Waals surface area (Å²) in [4.78, 5) is 28.1. The van der Waals surface area contributed by atoms with Gasteiger partial charge in [0.2, 0.25) is 5.91 Å². The zero-order valence-electron chi connectivity index (χ0n) is 16.6. The Labute approximate surface area is 167 Å². The van der Waals surface area contributed by atoms with E-state index in [2.05, 4.69) is 24.3 Å². The first kappa shape index (κ1) is 20.0. The van der Waals surface area contributed by atoms with Crippen LogP contribution >= 0.6 is 0 Å². The lowest BCUT2D eigenvalue weighted by atomic mass is 10.0. The van der Waals surface area contributed by atoms with E-state index >= 15 is 0 Å². The molecule has 1 aliphatic heterocycles. The van der Waals surface area contributed by atoms with Crippen molar-refractivity contribution in [1.82, 2.24) is 4.90 Å². The van der Waals surface area contributed by atoms with E-state index in [4.69, 9.17) is 0 Å². The van der Waals surface area contributed by atoms with Gasteiger partial charge in [-0.3, -0.25) is 9.59 Å². The molecular formula is C24H29N2O2+. The Morgan fingerprint density at radius 1 is 0.964 bits per heavy atom. The van der Waals surface area contributed by atoms with E-state index in [1.165, 1.54) is 10.5 Å². The summed E-state index contributed by atoms with van der Waals surface area (Å²) in [7, 11) is 0. The average Bonchev–Trinajstić information content (AvgIpc) is 2.73. The Bertz CT molecular complexity index is 804. The van der Waals surface area contributed by atoms with Crippen LogP contribution in [0.3, 0.4) is 0 Å². The summed E-state index contributed by atoms with van der Waals surface area (Å²) >= 11 is 0. The molecule has 1 amide bonds. The minimum Gasteiger partial charge on any atom is -0.331 e. The molecule has 1 aliphatic rings. The summed E-state index contributed by atoms with van der Waals surface area (Å²) in [6.45, 7) is 6.42. The van der Waals surface area contributed by atoms with Crippen LogP contribution in [0.1, 0.15) is 34.3 Å². The minimum atomic E-state index is 0.0451. The van der Waals surface area contributed by atoms with Crippen molar-refractivity contribution >= 4 is 17.8 Å². The largest absolute Gasteiger partial charge is 0.331 e. The summed E-state index contributed by atoms with van der Waals surface area (Å²) in [5, 5.41) is 0. The highest BCUT2D eigenvalue weighted by atomic mass is 16.2. The summed E-state index contributed by atoms with van der Waals surface area (Å²) in [5.74, 6) is 0.142. The average molecular weight is 378 g/mol. The molecule has 4 heteroatoms. The number of carbonyl (C=O) groups excluding carboxylic acids is 2. The minimum absolute atomic E-state index is 0.0451. The number of amides is 1. The number of nitrogens with one attached hydrogen (secondary N) is 1. The molecule has 4 nitrogen and oxygen atoms in total. The van der Waals surface area contributed by atoms with Gasteiger partial charge in [0.25, 0.3) is 0 Å². The number of benzene rings is 2. The van der Waals surface area contributed by atoms with Crippen molar-refractivity contribution < 1.29 is 14.5 Å². The molecule has 3 rings (SSSR count). The van der Waals surface area contributed by atoms with Crippen molar-refractivity contribution in [1.29, 1.82) is 0 Å². The van der Waals surface area contributed by atoms with Crippen molar-refractivity contribution in [2.24, 2.45) is 0 Å². The summed E-state index contributed by atoms with van der Waals surface area (Å²) in [5.41, 5.74) is 3.04. The van der Waals surface area contributed by atoms with Crippen LogP contribution in [-0.4, -0.2) is 49.3 Å². The molecule has 0 unspecified atom stereocenters. The Hall–Kier alpha value is -2.72. The second kappa shape index (κ2) is 10.00. The first-order valence-electron chi connectivity index (χ1n) is 10.0. The molecule has 0 spiro atoms. The van der Waals surface area contributed by atoms with Crippen molar-refractivity contribution in [2.45, 2.75) is 19.8 Å². The fourth-order valence-electron chi connectivity index (χ4n) is 3.46. The number of rotatable bonds is 7. The van der Waals surface area contributed by atoms with E-state index in [0.29, 0.717) is 12.0 Å². The first-order chi connectivity index (χ1) is 13.6. The van der Waals surface area contributed by atoms with E-state index in [-0.39, 0.29) is 18.1 Å². The predicted molar refractivity (Wildman–Crippen MR) is 112 cm³/mol. The van der Waals surface area contributed by atoms with Crippen molar-refractivity contribution in [3.8, 4) is 0 Å². The van der Waals surface area contributed by atoms with Crippen LogP contribution in [0.4, 0.5) is 0 Å². The quantitative estimate of drug-likeness (QED) is 0.753. The monoisotopic (exact) mass is 377 g/mol. The number of nitrogens with zero attached hydrogens (tertiary/aromatic N) is 1.